The summed E-state index contributed by atoms with van der Waals surface area (Å²) in [6.07, 6.45) is 0.500. The van der Waals surface area contributed by atoms with Crippen LogP contribution in [-0.4, -0.2) is 68.1 Å². The third kappa shape index (κ3) is 5.49. The minimum Gasteiger partial charge on any atom is -0.481 e. The van der Waals surface area contributed by atoms with E-state index in [2.05, 4.69) is 22.2 Å². The van der Waals surface area contributed by atoms with Crippen molar-refractivity contribution >= 4 is 5.91 Å². The van der Waals surface area contributed by atoms with Gasteiger partial charge in [0.05, 0.1) is 0 Å². The van der Waals surface area contributed by atoms with Crippen molar-refractivity contribution in [3.8, 4) is 5.75 Å². The number of piperazine rings is 1. The van der Waals surface area contributed by atoms with E-state index in [9.17, 15) is 4.79 Å². The van der Waals surface area contributed by atoms with Crippen molar-refractivity contribution in [3.05, 3.63) is 29.3 Å². The number of ether oxygens (including phenoxy) is 1. The second kappa shape index (κ2) is 9.04. The first-order valence-electron chi connectivity index (χ1n) is 8.89. The molecule has 1 heterocycles. The van der Waals surface area contributed by atoms with Gasteiger partial charge in [0.1, 0.15) is 5.75 Å². The molecule has 1 saturated heterocycles. The summed E-state index contributed by atoms with van der Waals surface area (Å²) in [4.78, 5) is 17.0. The molecule has 0 bridgehead atoms. The average molecular weight is 333 g/mol. The van der Waals surface area contributed by atoms with E-state index in [1.54, 1.807) is 6.92 Å². The monoisotopic (exact) mass is 333 g/mol. The van der Waals surface area contributed by atoms with Gasteiger partial charge in [-0.1, -0.05) is 12.1 Å². The molecule has 5 nitrogen and oxygen atoms in total. The minimum absolute atomic E-state index is 0.0470. The normalized spacial score (nSPS) is 17.5. The number of hydrogen-bond acceptors (Lipinski definition) is 4. The van der Waals surface area contributed by atoms with Crippen LogP contribution in [0.2, 0.25) is 0 Å². The molecule has 24 heavy (non-hydrogen) atoms. The highest BCUT2D eigenvalue weighted by Crippen LogP contribution is 2.21. The smallest absolute Gasteiger partial charge is 0.260 e. The molecule has 0 aliphatic carbocycles. The molecule has 5 heteroatoms. The molecule has 0 unspecified atom stereocenters. The molecule has 134 valence electrons. The summed E-state index contributed by atoms with van der Waals surface area (Å²) in [5.74, 6) is 0.740. The number of carbonyl (C=O) groups excluding carboxylic acids is 1. The van der Waals surface area contributed by atoms with E-state index in [0.717, 1.165) is 50.5 Å². The fraction of sp³-hybridized carbons (Fsp3) is 0.632. The maximum Gasteiger partial charge on any atom is 0.260 e. The Hall–Kier alpha value is -1.59. The van der Waals surface area contributed by atoms with Gasteiger partial charge in [0.15, 0.2) is 6.10 Å². The molecule has 2 rings (SSSR count). The van der Waals surface area contributed by atoms with Crippen molar-refractivity contribution in [2.75, 3.05) is 46.3 Å². The zero-order valence-corrected chi connectivity index (χ0v) is 15.5. The van der Waals surface area contributed by atoms with Gasteiger partial charge in [-0.3, -0.25) is 4.79 Å². The van der Waals surface area contributed by atoms with Gasteiger partial charge in [0.25, 0.3) is 5.91 Å². The van der Waals surface area contributed by atoms with E-state index in [4.69, 9.17) is 4.74 Å². The number of likely N-dealkylation sites (N-methyl/N-ethyl adjacent to an activating group) is 1. The van der Waals surface area contributed by atoms with Crippen LogP contribution >= 0.6 is 0 Å². The van der Waals surface area contributed by atoms with E-state index in [1.165, 1.54) is 5.56 Å². The van der Waals surface area contributed by atoms with Crippen LogP contribution in [0, 0.1) is 13.8 Å². The van der Waals surface area contributed by atoms with Crippen LogP contribution in [0.3, 0.4) is 0 Å². The Morgan fingerprint density at radius 2 is 1.96 bits per heavy atom. The van der Waals surface area contributed by atoms with E-state index in [1.807, 2.05) is 32.0 Å². The van der Waals surface area contributed by atoms with Crippen molar-refractivity contribution in [3.63, 3.8) is 0 Å². The summed E-state index contributed by atoms with van der Waals surface area (Å²) in [6.45, 7) is 12.1. The Morgan fingerprint density at radius 1 is 1.25 bits per heavy atom. The number of aryl methyl sites for hydroxylation is 1. The van der Waals surface area contributed by atoms with E-state index >= 15 is 0 Å². The predicted molar refractivity (Wildman–Crippen MR) is 97.6 cm³/mol. The third-order valence-corrected chi connectivity index (χ3v) is 4.77. The van der Waals surface area contributed by atoms with Crippen molar-refractivity contribution in [1.82, 2.24) is 15.1 Å². The van der Waals surface area contributed by atoms with Gasteiger partial charge in [0, 0.05) is 32.7 Å². The largest absolute Gasteiger partial charge is 0.481 e. The molecule has 1 N–H and O–H groups in total. The molecule has 0 aromatic heterocycles. The third-order valence-electron chi connectivity index (χ3n) is 4.77. The van der Waals surface area contributed by atoms with Crippen molar-refractivity contribution in [2.24, 2.45) is 0 Å². The van der Waals surface area contributed by atoms with Gasteiger partial charge in [0.2, 0.25) is 0 Å². The number of benzene rings is 1. The quantitative estimate of drug-likeness (QED) is 0.773. The predicted octanol–water partition coefficient (Wildman–Crippen LogP) is 1.82. The summed E-state index contributed by atoms with van der Waals surface area (Å²) in [7, 11) is 2.16. The summed E-state index contributed by atoms with van der Waals surface area (Å²) in [5.41, 5.74) is 2.26. The molecule has 1 atom stereocenters. The van der Waals surface area contributed by atoms with Crippen LogP contribution in [0.5, 0.6) is 5.75 Å². The number of amides is 1. The molecule has 0 radical (unpaired) electrons. The highest BCUT2D eigenvalue weighted by atomic mass is 16.5. The van der Waals surface area contributed by atoms with Gasteiger partial charge in [-0.25, -0.2) is 0 Å². The number of hydrogen-bond donors (Lipinski definition) is 1. The highest BCUT2D eigenvalue weighted by molar-refractivity contribution is 5.80. The van der Waals surface area contributed by atoms with Gasteiger partial charge >= 0.3 is 0 Å². The Balaban J connectivity index is 1.67. The first-order valence-corrected chi connectivity index (χ1v) is 8.89. The second-order valence-corrected chi connectivity index (χ2v) is 6.75. The van der Waals surface area contributed by atoms with Crippen LogP contribution in [0.1, 0.15) is 24.5 Å². The SMILES string of the molecule is Cc1cccc(O[C@H](C)C(=O)NCCCN2CCN(C)CC2)c1C. The van der Waals surface area contributed by atoms with Crippen molar-refractivity contribution in [1.29, 1.82) is 0 Å². The van der Waals surface area contributed by atoms with E-state index in [0.29, 0.717) is 6.54 Å². The fourth-order valence-corrected chi connectivity index (χ4v) is 2.83. The Kier molecular flexibility index (Phi) is 7.06. The van der Waals surface area contributed by atoms with Crippen molar-refractivity contribution < 1.29 is 9.53 Å². The van der Waals surface area contributed by atoms with Crippen LogP contribution in [0.25, 0.3) is 0 Å². The molecule has 0 saturated carbocycles. The van der Waals surface area contributed by atoms with Crippen LogP contribution in [-0.2, 0) is 4.79 Å². The Bertz CT molecular complexity index is 539. The lowest BCUT2D eigenvalue weighted by atomic mass is 10.1. The fourth-order valence-electron chi connectivity index (χ4n) is 2.83. The lowest BCUT2D eigenvalue weighted by Crippen LogP contribution is -2.45. The zero-order valence-electron chi connectivity index (χ0n) is 15.5. The van der Waals surface area contributed by atoms with Crippen LogP contribution in [0.4, 0.5) is 0 Å². The standard InChI is InChI=1S/C19H31N3O2/c1-15-7-5-8-18(16(15)2)24-17(3)19(23)20-9-6-10-22-13-11-21(4)12-14-22/h5,7-8,17H,6,9-14H2,1-4H3,(H,20,23)/t17-/m1/s1. The summed E-state index contributed by atoms with van der Waals surface area (Å²) >= 11 is 0. The molecule has 1 aromatic rings. The lowest BCUT2D eigenvalue weighted by Gasteiger charge is -2.32. The summed E-state index contributed by atoms with van der Waals surface area (Å²) in [5, 5.41) is 2.98. The number of rotatable bonds is 7. The molecule has 1 aromatic carbocycles. The number of carbonyl (C=O) groups is 1. The maximum atomic E-state index is 12.2. The molecule has 1 aliphatic rings. The number of nitrogens with zero attached hydrogens (tertiary/aromatic N) is 2. The van der Waals surface area contributed by atoms with Crippen LogP contribution < -0.4 is 10.1 Å². The molecular formula is C19H31N3O2. The Labute approximate surface area is 146 Å². The van der Waals surface area contributed by atoms with Gasteiger partial charge in [-0.05, 0) is 58.0 Å². The average Bonchev–Trinajstić information content (AvgIpc) is 2.57. The van der Waals surface area contributed by atoms with Crippen LogP contribution in [0.15, 0.2) is 18.2 Å². The first-order chi connectivity index (χ1) is 11.5. The minimum atomic E-state index is -0.478. The van der Waals surface area contributed by atoms with E-state index < -0.39 is 6.10 Å². The molecule has 1 amide bonds. The topological polar surface area (TPSA) is 44.8 Å². The summed E-state index contributed by atoms with van der Waals surface area (Å²) in [6, 6.07) is 5.92. The van der Waals surface area contributed by atoms with Gasteiger partial charge in [-0.2, -0.15) is 0 Å². The lowest BCUT2D eigenvalue weighted by molar-refractivity contribution is -0.127. The number of nitrogens with one attached hydrogen (secondary N) is 1. The summed E-state index contributed by atoms with van der Waals surface area (Å²) < 4.78 is 5.82. The Morgan fingerprint density at radius 3 is 2.67 bits per heavy atom. The molecular weight excluding hydrogens is 302 g/mol. The molecule has 0 spiro atoms. The van der Waals surface area contributed by atoms with Gasteiger partial charge < -0.3 is 19.9 Å². The van der Waals surface area contributed by atoms with Crippen molar-refractivity contribution in [2.45, 2.75) is 33.3 Å². The molecule has 1 aliphatic heterocycles. The second-order valence-electron chi connectivity index (χ2n) is 6.75. The maximum absolute atomic E-state index is 12.2. The zero-order chi connectivity index (χ0) is 17.5. The first kappa shape index (κ1) is 18.7. The van der Waals surface area contributed by atoms with Gasteiger partial charge in [-0.15, -0.1) is 0 Å². The molecule has 1 fully saturated rings. The van der Waals surface area contributed by atoms with E-state index in [-0.39, 0.29) is 5.91 Å². The highest BCUT2D eigenvalue weighted by Gasteiger charge is 2.16.